The molecule has 0 unspecified atom stereocenters. The van der Waals surface area contributed by atoms with Gasteiger partial charge in [0.05, 0.1) is 7.11 Å². The number of carboxylic acids is 1. The van der Waals surface area contributed by atoms with Gasteiger partial charge in [-0.1, -0.05) is 12.1 Å². The van der Waals surface area contributed by atoms with E-state index in [4.69, 9.17) is 9.84 Å². The van der Waals surface area contributed by atoms with Crippen molar-refractivity contribution in [2.45, 2.75) is 25.8 Å². The zero-order valence-electron chi connectivity index (χ0n) is 11.9. The number of hydrogen-bond acceptors (Lipinski definition) is 3. The molecule has 0 radical (unpaired) electrons. The van der Waals surface area contributed by atoms with E-state index in [1.54, 1.807) is 7.11 Å². The summed E-state index contributed by atoms with van der Waals surface area (Å²) in [7, 11) is 1.60. The van der Waals surface area contributed by atoms with Crippen LogP contribution in [0.2, 0.25) is 0 Å². The summed E-state index contributed by atoms with van der Waals surface area (Å²) >= 11 is 0. The zero-order chi connectivity index (χ0) is 15.2. The molecule has 3 N–H and O–H groups in total. The molecule has 20 heavy (non-hydrogen) atoms. The van der Waals surface area contributed by atoms with Gasteiger partial charge in [0.15, 0.2) is 0 Å². The summed E-state index contributed by atoms with van der Waals surface area (Å²) in [5.74, 6) is -0.300. The first kappa shape index (κ1) is 15.8. The van der Waals surface area contributed by atoms with Crippen LogP contribution >= 0.6 is 0 Å². The highest BCUT2D eigenvalue weighted by Crippen LogP contribution is 2.11. The zero-order valence-corrected chi connectivity index (χ0v) is 11.9. The molecule has 6 nitrogen and oxygen atoms in total. The molecule has 110 valence electrons. The smallest absolute Gasteiger partial charge is 0.328 e. The number of carboxylic acid groups (broad SMARTS) is 1. The molecular weight excluding hydrogens is 260 g/mol. The number of methoxy groups -OCH3 is 1. The van der Waals surface area contributed by atoms with E-state index in [0.717, 1.165) is 11.3 Å². The number of carbonyl (C=O) groups is 2. The number of rotatable bonds is 6. The Morgan fingerprint density at radius 2 is 1.85 bits per heavy atom. The predicted octanol–water partition coefficient (Wildman–Crippen LogP) is 1.40. The van der Waals surface area contributed by atoms with Crippen molar-refractivity contribution in [2.75, 3.05) is 13.7 Å². The normalized spacial score (nSPS) is 10.8. The first-order chi connectivity index (χ1) is 9.35. The monoisotopic (exact) mass is 280 g/mol. The molecule has 0 aliphatic carbocycles. The van der Waals surface area contributed by atoms with Crippen LogP contribution in [0.4, 0.5) is 4.79 Å². The van der Waals surface area contributed by atoms with Gasteiger partial charge in [-0.3, -0.25) is 0 Å². The molecule has 0 saturated carbocycles. The Bertz CT molecular complexity index is 469. The van der Waals surface area contributed by atoms with Crippen LogP contribution in [-0.4, -0.2) is 36.3 Å². The minimum absolute atomic E-state index is 0.424. The topological polar surface area (TPSA) is 87.7 Å². The van der Waals surface area contributed by atoms with Crippen LogP contribution in [0.25, 0.3) is 0 Å². The molecule has 6 heteroatoms. The van der Waals surface area contributed by atoms with Gasteiger partial charge in [0, 0.05) is 6.54 Å². The van der Waals surface area contributed by atoms with E-state index in [-0.39, 0.29) is 0 Å². The Morgan fingerprint density at radius 3 is 2.35 bits per heavy atom. The highest BCUT2D eigenvalue weighted by Gasteiger charge is 2.28. The largest absolute Gasteiger partial charge is 0.497 e. The standard InChI is InChI=1S/C14H20N2O4/c1-14(2,12(17)18)16-13(19)15-9-8-10-4-6-11(20-3)7-5-10/h4-7H,8-9H2,1-3H3,(H,17,18)(H2,15,16,19). The third-order valence-electron chi connectivity index (χ3n) is 2.82. The lowest BCUT2D eigenvalue weighted by Crippen LogP contribution is -2.53. The van der Waals surface area contributed by atoms with Crippen molar-refractivity contribution in [3.63, 3.8) is 0 Å². The summed E-state index contributed by atoms with van der Waals surface area (Å²) < 4.78 is 5.05. The number of hydrogen-bond donors (Lipinski definition) is 3. The highest BCUT2D eigenvalue weighted by molar-refractivity contribution is 5.85. The average molecular weight is 280 g/mol. The molecule has 1 rings (SSSR count). The second kappa shape index (κ2) is 6.79. The molecule has 0 atom stereocenters. The van der Waals surface area contributed by atoms with E-state index in [1.807, 2.05) is 24.3 Å². The average Bonchev–Trinajstić information content (AvgIpc) is 2.38. The van der Waals surface area contributed by atoms with Gasteiger partial charge in [-0.25, -0.2) is 9.59 Å². The van der Waals surface area contributed by atoms with E-state index >= 15 is 0 Å². The summed E-state index contributed by atoms with van der Waals surface area (Å²) in [6.45, 7) is 3.28. The third-order valence-corrected chi connectivity index (χ3v) is 2.82. The Balaban J connectivity index is 2.36. The molecule has 0 saturated heterocycles. The fourth-order valence-corrected chi connectivity index (χ4v) is 1.49. The van der Waals surface area contributed by atoms with Gasteiger partial charge in [0.2, 0.25) is 0 Å². The molecule has 0 aliphatic rings. The molecule has 0 heterocycles. The Labute approximate surface area is 118 Å². The molecule has 1 aromatic carbocycles. The highest BCUT2D eigenvalue weighted by atomic mass is 16.5. The number of ether oxygens (including phenoxy) is 1. The van der Waals surface area contributed by atoms with E-state index in [1.165, 1.54) is 13.8 Å². The molecule has 1 aromatic rings. The first-order valence-corrected chi connectivity index (χ1v) is 6.27. The summed E-state index contributed by atoms with van der Waals surface area (Å²) in [6.07, 6.45) is 0.658. The third kappa shape index (κ3) is 4.79. The van der Waals surface area contributed by atoms with Crippen LogP contribution in [0.5, 0.6) is 5.75 Å². The number of urea groups is 1. The maximum absolute atomic E-state index is 11.5. The number of benzene rings is 1. The molecule has 0 aromatic heterocycles. The number of aliphatic carboxylic acids is 1. The fourth-order valence-electron chi connectivity index (χ4n) is 1.49. The lowest BCUT2D eigenvalue weighted by atomic mass is 10.1. The van der Waals surface area contributed by atoms with Crippen LogP contribution in [0.1, 0.15) is 19.4 Å². The maximum atomic E-state index is 11.5. The van der Waals surface area contributed by atoms with Crippen molar-refractivity contribution in [3.05, 3.63) is 29.8 Å². The minimum Gasteiger partial charge on any atom is -0.497 e. The van der Waals surface area contributed by atoms with E-state index in [9.17, 15) is 9.59 Å². The van der Waals surface area contributed by atoms with Crippen molar-refractivity contribution in [3.8, 4) is 5.75 Å². The lowest BCUT2D eigenvalue weighted by Gasteiger charge is -2.21. The van der Waals surface area contributed by atoms with E-state index < -0.39 is 17.5 Å². The number of amides is 2. The van der Waals surface area contributed by atoms with Crippen molar-refractivity contribution < 1.29 is 19.4 Å². The second-order valence-electron chi connectivity index (χ2n) is 4.91. The molecule has 0 bridgehead atoms. The SMILES string of the molecule is COc1ccc(CCNC(=O)NC(C)(C)C(=O)O)cc1. The van der Waals surface area contributed by atoms with Crippen molar-refractivity contribution in [1.82, 2.24) is 10.6 Å². The van der Waals surface area contributed by atoms with E-state index in [0.29, 0.717) is 13.0 Å². The number of carbonyl (C=O) groups excluding carboxylic acids is 1. The molecule has 2 amide bonds. The van der Waals surface area contributed by atoms with Crippen molar-refractivity contribution in [1.29, 1.82) is 0 Å². The van der Waals surface area contributed by atoms with Crippen LogP contribution < -0.4 is 15.4 Å². The summed E-state index contributed by atoms with van der Waals surface area (Å²) in [6, 6.07) is 7.04. The van der Waals surface area contributed by atoms with Crippen LogP contribution in [0.3, 0.4) is 0 Å². The minimum atomic E-state index is -1.29. The van der Waals surface area contributed by atoms with Crippen LogP contribution in [0.15, 0.2) is 24.3 Å². The van der Waals surface area contributed by atoms with Gasteiger partial charge < -0.3 is 20.5 Å². The summed E-state index contributed by atoms with van der Waals surface area (Å²) in [5.41, 5.74) is -0.229. The first-order valence-electron chi connectivity index (χ1n) is 6.27. The predicted molar refractivity (Wildman–Crippen MR) is 74.9 cm³/mol. The van der Waals surface area contributed by atoms with Gasteiger partial charge >= 0.3 is 12.0 Å². The van der Waals surface area contributed by atoms with Gasteiger partial charge in [-0.05, 0) is 38.0 Å². The Hall–Kier alpha value is -2.24. The van der Waals surface area contributed by atoms with Gasteiger partial charge in [-0.2, -0.15) is 0 Å². The number of nitrogens with one attached hydrogen (secondary N) is 2. The lowest BCUT2D eigenvalue weighted by molar-refractivity contribution is -0.142. The maximum Gasteiger partial charge on any atom is 0.328 e. The van der Waals surface area contributed by atoms with Gasteiger partial charge in [-0.15, -0.1) is 0 Å². The van der Waals surface area contributed by atoms with Crippen molar-refractivity contribution >= 4 is 12.0 Å². The Morgan fingerprint density at radius 1 is 1.25 bits per heavy atom. The molecule has 0 aliphatic heterocycles. The van der Waals surface area contributed by atoms with Gasteiger partial charge in [0.25, 0.3) is 0 Å². The quantitative estimate of drug-likeness (QED) is 0.735. The molecule has 0 spiro atoms. The molecular formula is C14H20N2O4. The molecule has 0 fully saturated rings. The summed E-state index contributed by atoms with van der Waals surface area (Å²) in [5, 5.41) is 13.9. The van der Waals surface area contributed by atoms with Crippen molar-refractivity contribution in [2.24, 2.45) is 0 Å². The summed E-state index contributed by atoms with van der Waals surface area (Å²) in [4.78, 5) is 22.4. The second-order valence-corrected chi connectivity index (χ2v) is 4.91. The van der Waals surface area contributed by atoms with Gasteiger partial charge in [0.1, 0.15) is 11.3 Å². The van der Waals surface area contributed by atoms with Crippen LogP contribution in [-0.2, 0) is 11.2 Å². The Kier molecular flexibility index (Phi) is 5.37. The van der Waals surface area contributed by atoms with Crippen LogP contribution in [0, 0.1) is 0 Å². The van der Waals surface area contributed by atoms with E-state index in [2.05, 4.69) is 10.6 Å². The fraction of sp³-hybridized carbons (Fsp3) is 0.429.